The van der Waals surface area contributed by atoms with Crippen molar-refractivity contribution in [2.45, 2.75) is 25.0 Å². The number of amides is 1. The molecule has 1 saturated heterocycles. The zero-order valence-corrected chi connectivity index (χ0v) is 11.7. The van der Waals surface area contributed by atoms with Gasteiger partial charge in [-0.05, 0) is 31.5 Å². The molecular formula is C15H20N2O3. The van der Waals surface area contributed by atoms with Crippen LogP contribution in [0.4, 0.5) is 0 Å². The van der Waals surface area contributed by atoms with Crippen LogP contribution < -0.4 is 14.8 Å². The second-order valence-corrected chi connectivity index (χ2v) is 5.37. The van der Waals surface area contributed by atoms with Crippen LogP contribution in [0.25, 0.3) is 0 Å². The summed E-state index contributed by atoms with van der Waals surface area (Å²) in [6, 6.07) is 7.59. The molecule has 0 spiro atoms. The summed E-state index contributed by atoms with van der Waals surface area (Å²) in [6.07, 6.45) is 1.88. The summed E-state index contributed by atoms with van der Waals surface area (Å²) in [5, 5.41) is 3.23. The zero-order chi connectivity index (χ0) is 13.9. The third-order valence-electron chi connectivity index (χ3n) is 3.78. The normalized spacial score (nSPS) is 24.4. The largest absolute Gasteiger partial charge is 0.486 e. The van der Waals surface area contributed by atoms with E-state index in [2.05, 4.69) is 5.32 Å². The minimum absolute atomic E-state index is 0.0307. The van der Waals surface area contributed by atoms with Crippen molar-refractivity contribution < 1.29 is 14.3 Å². The molecular weight excluding hydrogens is 256 g/mol. The van der Waals surface area contributed by atoms with Crippen molar-refractivity contribution in [2.75, 3.05) is 26.7 Å². The van der Waals surface area contributed by atoms with Crippen LogP contribution >= 0.6 is 0 Å². The monoisotopic (exact) mass is 276 g/mol. The summed E-state index contributed by atoms with van der Waals surface area (Å²) in [7, 11) is 1.83. The fourth-order valence-corrected chi connectivity index (χ4v) is 2.71. The van der Waals surface area contributed by atoms with E-state index >= 15 is 0 Å². The SMILES string of the molecule is CN(CC1COc2ccccc2O1)C(=O)[C@@H]1CCCN1. The van der Waals surface area contributed by atoms with Crippen LogP contribution in [-0.2, 0) is 4.79 Å². The first-order chi connectivity index (χ1) is 9.74. The number of hydrogen-bond acceptors (Lipinski definition) is 4. The molecule has 1 aromatic carbocycles. The smallest absolute Gasteiger partial charge is 0.239 e. The van der Waals surface area contributed by atoms with Gasteiger partial charge in [0.2, 0.25) is 5.91 Å². The molecule has 3 rings (SSSR count). The molecule has 5 nitrogen and oxygen atoms in total. The van der Waals surface area contributed by atoms with Crippen LogP contribution in [0.3, 0.4) is 0 Å². The Morgan fingerprint density at radius 3 is 2.95 bits per heavy atom. The van der Waals surface area contributed by atoms with Crippen LogP contribution in [0.1, 0.15) is 12.8 Å². The summed E-state index contributed by atoms with van der Waals surface area (Å²) in [4.78, 5) is 14.0. The molecule has 1 fully saturated rings. The van der Waals surface area contributed by atoms with E-state index in [1.807, 2.05) is 31.3 Å². The molecule has 1 unspecified atom stereocenters. The molecule has 5 heteroatoms. The van der Waals surface area contributed by atoms with Crippen molar-refractivity contribution >= 4 is 5.91 Å². The number of ether oxygens (including phenoxy) is 2. The van der Waals surface area contributed by atoms with Gasteiger partial charge < -0.3 is 19.7 Å². The molecule has 0 radical (unpaired) electrons. The summed E-state index contributed by atoms with van der Waals surface area (Å²) in [5.74, 6) is 1.67. The standard InChI is InChI=1S/C15H20N2O3/c1-17(15(18)12-5-4-8-16-12)9-11-10-19-13-6-2-3-7-14(13)20-11/h2-3,6-7,11-12,16H,4-5,8-10H2,1H3/t11?,12-/m0/s1. The van der Waals surface area contributed by atoms with E-state index in [1.54, 1.807) is 4.90 Å². The predicted octanol–water partition coefficient (Wildman–Crippen LogP) is 1.04. The van der Waals surface area contributed by atoms with Gasteiger partial charge in [-0.15, -0.1) is 0 Å². The molecule has 20 heavy (non-hydrogen) atoms. The summed E-state index contributed by atoms with van der Waals surface area (Å²) in [5.41, 5.74) is 0. The average molecular weight is 276 g/mol. The Balaban J connectivity index is 1.57. The van der Waals surface area contributed by atoms with Gasteiger partial charge in [-0.25, -0.2) is 0 Å². The van der Waals surface area contributed by atoms with Gasteiger partial charge in [0.15, 0.2) is 17.6 Å². The van der Waals surface area contributed by atoms with Gasteiger partial charge in [0, 0.05) is 7.05 Å². The zero-order valence-electron chi connectivity index (χ0n) is 11.7. The highest BCUT2D eigenvalue weighted by molar-refractivity contribution is 5.82. The Hall–Kier alpha value is -1.75. The third-order valence-corrected chi connectivity index (χ3v) is 3.78. The van der Waals surface area contributed by atoms with E-state index < -0.39 is 0 Å². The maximum absolute atomic E-state index is 12.2. The number of para-hydroxylation sites is 2. The lowest BCUT2D eigenvalue weighted by Crippen LogP contribution is -2.47. The van der Waals surface area contributed by atoms with Crippen molar-refractivity contribution in [3.8, 4) is 11.5 Å². The predicted molar refractivity (Wildman–Crippen MR) is 75.0 cm³/mol. The number of likely N-dealkylation sites (N-methyl/N-ethyl adjacent to an activating group) is 1. The number of nitrogens with one attached hydrogen (secondary N) is 1. The van der Waals surface area contributed by atoms with Crippen molar-refractivity contribution in [2.24, 2.45) is 0 Å². The Morgan fingerprint density at radius 1 is 1.40 bits per heavy atom. The summed E-state index contributed by atoms with van der Waals surface area (Å²) >= 11 is 0. The lowest BCUT2D eigenvalue weighted by atomic mass is 10.2. The highest BCUT2D eigenvalue weighted by Crippen LogP contribution is 2.30. The quantitative estimate of drug-likeness (QED) is 0.896. The van der Waals surface area contributed by atoms with Crippen LogP contribution in [0.15, 0.2) is 24.3 Å². The Morgan fingerprint density at radius 2 is 2.20 bits per heavy atom. The Labute approximate surface area is 118 Å². The molecule has 0 bridgehead atoms. The van der Waals surface area contributed by atoms with E-state index in [0.29, 0.717) is 13.2 Å². The average Bonchev–Trinajstić information content (AvgIpc) is 3.00. The van der Waals surface area contributed by atoms with E-state index in [0.717, 1.165) is 30.9 Å². The Bertz CT molecular complexity index is 486. The van der Waals surface area contributed by atoms with Crippen LogP contribution in [-0.4, -0.2) is 49.7 Å². The number of carbonyl (C=O) groups excluding carboxylic acids is 1. The molecule has 2 atom stereocenters. The first-order valence-electron chi connectivity index (χ1n) is 7.11. The highest BCUT2D eigenvalue weighted by Gasteiger charge is 2.28. The van der Waals surface area contributed by atoms with Crippen molar-refractivity contribution in [1.82, 2.24) is 10.2 Å². The lowest BCUT2D eigenvalue weighted by molar-refractivity contribution is -0.133. The van der Waals surface area contributed by atoms with Gasteiger partial charge in [0.1, 0.15) is 6.61 Å². The van der Waals surface area contributed by atoms with Gasteiger partial charge in [0.05, 0.1) is 12.6 Å². The van der Waals surface area contributed by atoms with E-state index in [9.17, 15) is 4.79 Å². The molecule has 0 aromatic heterocycles. The van der Waals surface area contributed by atoms with Gasteiger partial charge >= 0.3 is 0 Å². The number of benzene rings is 1. The fraction of sp³-hybridized carbons (Fsp3) is 0.533. The van der Waals surface area contributed by atoms with Crippen molar-refractivity contribution in [1.29, 1.82) is 0 Å². The number of nitrogens with zero attached hydrogens (tertiary/aromatic N) is 1. The molecule has 1 N–H and O–H groups in total. The maximum atomic E-state index is 12.2. The van der Waals surface area contributed by atoms with E-state index in [4.69, 9.17) is 9.47 Å². The van der Waals surface area contributed by atoms with Crippen molar-refractivity contribution in [3.63, 3.8) is 0 Å². The third kappa shape index (κ3) is 2.72. The van der Waals surface area contributed by atoms with E-state index in [1.165, 1.54) is 0 Å². The molecule has 0 aliphatic carbocycles. The number of fused-ring (bicyclic) bond motifs is 1. The van der Waals surface area contributed by atoms with Crippen LogP contribution in [0, 0.1) is 0 Å². The minimum atomic E-state index is -0.111. The number of rotatable bonds is 3. The Kier molecular flexibility index (Phi) is 3.78. The minimum Gasteiger partial charge on any atom is -0.486 e. The van der Waals surface area contributed by atoms with Gasteiger partial charge in [-0.3, -0.25) is 4.79 Å². The highest BCUT2D eigenvalue weighted by atomic mass is 16.6. The second-order valence-electron chi connectivity index (χ2n) is 5.37. The molecule has 1 aromatic rings. The first kappa shape index (κ1) is 13.2. The van der Waals surface area contributed by atoms with Gasteiger partial charge in [-0.1, -0.05) is 12.1 Å². The van der Waals surface area contributed by atoms with E-state index in [-0.39, 0.29) is 18.1 Å². The first-order valence-corrected chi connectivity index (χ1v) is 7.11. The molecule has 0 saturated carbocycles. The molecule has 2 aliphatic heterocycles. The lowest BCUT2D eigenvalue weighted by Gasteiger charge is -2.30. The van der Waals surface area contributed by atoms with Gasteiger partial charge in [0.25, 0.3) is 0 Å². The number of hydrogen-bond donors (Lipinski definition) is 1. The van der Waals surface area contributed by atoms with Gasteiger partial charge in [-0.2, -0.15) is 0 Å². The van der Waals surface area contributed by atoms with Crippen molar-refractivity contribution in [3.05, 3.63) is 24.3 Å². The second kappa shape index (κ2) is 5.71. The molecule has 1 amide bonds. The molecule has 108 valence electrons. The number of carbonyl (C=O) groups is 1. The summed E-state index contributed by atoms with van der Waals surface area (Å²) < 4.78 is 11.5. The molecule has 2 heterocycles. The van der Waals surface area contributed by atoms with Crippen LogP contribution in [0.5, 0.6) is 11.5 Å². The maximum Gasteiger partial charge on any atom is 0.239 e. The fourth-order valence-electron chi connectivity index (χ4n) is 2.71. The molecule has 2 aliphatic rings. The topological polar surface area (TPSA) is 50.8 Å². The van der Waals surface area contributed by atoms with Crippen LogP contribution in [0.2, 0.25) is 0 Å². The summed E-state index contributed by atoms with van der Waals surface area (Å²) in [6.45, 7) is 1.96.